The maximum atomic E-state index is 13.0. The Balaban J connectivity index is 1.41. The average Bonchev–Trinajstić information content (AvgIpc) is 3.55. The van der Waals surface area contributed by atoms with Gasteiger partial charge in [-0.3, -0.25) is 14.4 Å². The zero-order chi connectivity index (χ0) is 26.6. The van der Waals surface area contributed by atoms with Crippen LogP contribution < -0.4 is 5.32 Å². The van der Waals surface area contributed by atoms with Crippen molar-refractivity contribution in [3.8, 4) is 33.4 Å². The molecule has 9 heteroatoms. The highest BCUT2D eigenvalue weighted by molar-refractivity contribution is 7.16. The molecule has 0 saturated carbocycles. The Labute approximate surface area is 222 Å². The van der Waals surface area contributed by atoms with Gasteiger partial charge in [0, 0.05) is 16.8 Å². The van der Waals surface area contributed by atoms with E-state index in [1.54, 1.807) is 11.6 Å². The molecule has 2 aromatic heterocycles. The molecule has 8 nitrogen and oxygen atoms in total. The number of phenols is 1. The summed E-state index contributed by atoms with van der Waals surface area (Å²) < 4.78 is 1.70. The van der Waals surface area contributed by atoms with E-state index < -0.39 is 23.9 Å². The first kappa shape index (κ1) is 24.8. The Hall–Kier alpha value is -4.89. The van der Waals surface area contributed by atoms with Gasteiger partial charge in [-0.15, -0.1) is 0 Å². The number of phenolic OH excluding ortho intramolecular Hbond substituents is 1. The van der Waals surface area contributed by atoms with E-state index in [4.69, 9.17) is 5.10 Å². The number of hydrogen-bond acceptors (Lipinski definition) is 7. The molecule has 38 heavy (non-hydrogen) atoms. The van der Waals surface area contributed by atoms with E-state index in [0.29, 0.717) is 21.4 Å². The molecule has 0 fully saturated rings. The van der Waals surface area contributed by atoms with Crippen molar-refractivity contribution in [2.75, 3.05) is 5.32 Å². The second-order valence-corrected chi connectivity index (χ2v) is 9.47. The summed E-state index contributed by atoms with van der Waals surface area (Å²) in [5, 5.41) is 17.1. The van der Waals surface area contributed by atoms with Crippen LogP contribution in [-0.2, 0) is 9.59 Å². The molecule has 0 aliphatic carbocycles. The number of anilines is 1. The van der Waals surface area contributed by atoms with Gasteiger partial charge in [-0.25, -0.2) is 9.67 Å². The van der Waals surface area contributed by atoms with Crippen molar-refractivity contribution >= 4 is 34.5 Å². The SMILES string of the molecule is Cc1nc(-n2nc(-c3ccccc3)cc2-c2ccccc2)sc1C(=O)CC(=O)C(=O)Nc1ccc(O)cc1. The van der Waals surface area contributed by atoms with Crippen molar-refractivity contribution in [1.29, 1.82) is 0 Å². The molecule has 0 radical (unpaired) electrons. The van der Waals surface area contributed by atoms with Crippen LogP contribution in [-0.4, -0.2) is 37.3 Å². The molecule has 5 aromatic rings. The summed E-state index contributed by atoms with van der Waals surface area (Å²) in [4.78, 5) is 42.7. The minimum Gasteiger partial charge on any atom is -0.508 e. The highest BCUT2D eigenvalue weighted by atomic mass is 32.1. The zero-order valence-electron chi connectivity index (χ0n) is 20.3. The van der Waals surface area contributed by atoms with E-state index in [-0.39, 0.29) is 5.75 Å². The fourth-order valence-electron chi connectivity index (χ4n) is 3.87. The normalized spacial score (nSPS) is 10.8. The topological polar surface area (TPSA) is 114 Å². The third-order valence-electron chi connectivity index (χ3n) is 5.77. The molecule has 0 bridgehead atoms. The third kappa shape index (κ3) is 5.28. The van der Waals surface area contributed by atoms with Crippen molar-refractivity contribution in [3.63, 3.8) is 0 Å². The van der Waals surface area contributed by atoms with Crippen LogP contribution in [0.25, 0.3) is 27.6 Å². The van der Waals surface area contributed by atoms with Crippen LogP contribution in [0.4, 0.5) is 5.69 Å². The summed E-state index contributed by atoms with van der Waals surface area (Å²) in [7, 11) is 0. The lowest BCUT2D eigenvalue weighted by atomic mass is 10.1. The lowest BCUT2D eigenvalue weighted by molar-refractivity contribution is -0.134. The summed E-state index contributed by atoms with van der Waals surface area (Å²) in [6, 6.07) is 27.2. The van der Waals surface area contributed by atoms with Crippen molar-refractivity contribution in [3.05, 3.63) is 102 Å². The number of nitrogens with zero attached hydrogens (tertiary/aromatic N) is 3. The number of rotatable bonds is 8. The summed E-state index contributed by atoms with van der Waals surface area (Å²) >= 11 is 1.13. The number of aromatic hydroxyl groups is 1. The molecular formula is C29H22N4O4S. The number of amides is 1. The van der Waals surface area contributed by atoms with E-state index in [2.05, 4.69) is 10.3 Å². The second kappa shape index (κ2) is 10.6. The van der Waals surface area contributed by atoms with Gasteiger partial charge in [-0.2, -0.15) is 5.10 Å². The van der Waals surface area contributed by atoms with Crippen LogP contribution in [0.2, 0.25) is 0 Å². The quantitative estimate of drug-likeness (QED) is 0.121. The van der Waals surface area contributed by atoms with E-state index in [9.17, 15) is 19.5 Å². The minimum atomic E-state index is -0.905. The lowest BCUT2D eigenvalue weighted by Crippen LogP contribution is -2.25. The molecule has 5 rings (SSSR count). The molecule has 3 aromatic carbocycles. The van der Waals surface area contributed by atoms with E-state index in [1.807, 2.05) is 66.7 Å². The van der Waals surface area contributed by atoms with Gasteiger partial charge in [0.05, 0.1) is 28.4 Å². The van der Waals surface area contributed by atoms with Crippen LogP contribution in [0.3, 0.4) is 0 Å². The summed E-state index contributed by atoms with van der Waals surface area (Å²) in [5.74, 6) is -2.23. The van der Waals surface area contributed by atoms with Gasteiger partial charge in [-0.05, 0) is 37.3 Å². The Morgan fingerprint density at radius 3 is 2.18 bits per heavy atom. The molecule has 0 unspecified atom stereocenters. The molecule has 0 atom stereocenters. The Kier molecular flexibility index (Phi) is 6.92. The van der Waals surface area contributed by atoms with Gasteiger partial charge in [0.1, 0.15) is 5.75 Å². The summed E-state index contributed by atoms with van der Waals surface area (Å²) in [6.45, 7) is 1.69. The fraction of sp³-hybridized carbons (Fsp3) is 0.0690. The first-order chi connectivity index (χ1) is 18.4. The van der Waals surface area contributed by atoms with Gasteiger partial charge in [0.2, 0.25) is 10.9 Å². The van der Waals surface area contributed by atoms with E-state index >= 15 is 0 Å². The first-order valence-corrected chi connectivity index (χ1v) is 12.6. The van der Waals surface area contributed by atoms with Crippen LogP contribution >= 0.6 is 11.3 Å². The van der Waals surface area contributed by atoms with E-state index in [0.717, 1.165) is 33.9 Å². The highest BCUT2D eigenvalue weighted by Gasteiger charge is 2.24. The maximum absolute atomic E-state index is 13.0. The maximum Gasteiger partial charge on any atom is 0.292 e. The number of ketones is 2. The van der Waals surface area contributed by atoms with Crippen LogP contribution in [0.1, 0.15) is 21.8 Å². The molecule has 2 heterocycles. The largest absolute Gasteiger partial charge is 0.508 e. The van der Waals surface area contributed by atoms with Crippen LogP contribution in [0.5, 0.6) is 5.75 Å². The van der Waals surface area contributed by atoms with Crippen molar-refractivity contribution in [2.45, 2.75) is 13.3 Å². The predicted octanol–water partition coefficient (Wildman–Crippen LogP) is 5.46. The second-order valence-electron chi connectivity index (χ2n) is 8.49. The highest BCUT2D eigenvalue weighted by Crippen LogP contribution is 2.31. The number of thiazole rings is 1. The van der Waals surface area contributed by atoms with Crippen LogP contribution in [0, 0.1) is 6.92 Å². The lowest BCUT2D eigenvalue weighted by Gasteiger charge is -2.04. The van der Waals surface area contributed by atoms with Gasteiger partial charge >= 0.3 is 0 Å². The molecule has 0 aliphatic heterocycles. The smallest absolute Gasteiger partial charge is 0.292 e. The standard InChI is InChI=1S/C29H22N4O4S/c1-18-27(25(35)17-26(36)28(37)31-21-12-14-22(34)15-13-21)38-29(30-18)33-24(20-10-6-3-7-11-20)16-23(32-33)19-8-4-2-5-9-19/h2-16,34H,17H2,1H3,(H,31,37). The Morgan fingerprint density at radius 2 is 1.53 bits per heavy atom. The number of aromatic nitrogens is 3. The molecular weight excluding hydrogens is 500 g/mol. The summed E-state index contributed by atoms with van der Waals surface area (Å²) in [5.41, 5.74) is 4.23. The van der Waals surface area contributed by atoms with Crippen molar-refractivity contribution in [1.82, 2.24) is 14.8 Å². The Morgan fingerprint density at radius 1 is 0.895 bits per heavy atom. The average molecular weight is 523 g/mol. The van der Waals surface area contributed by atoms with Gasteiger partial charge in [0.15, 0.2) is 5.78 Å². The number of nitrogens with one attached hydrogen (secondary N) is 1. The number of benzene rings is 3. The van der Waals surface area contributed by atoms with Gasteiger partial charge in [0.25, 0.3) is 5.91 Å². The number of aryl methyl sites for hydroxylation is 1. The minimum absolute atomic E-state index is 0.0319. The van der Waals surface area contributed by atoms with Gasteiger partial charge < -0.3 is 10.4 Å². The number of Topliss-reactive ketones (excluding diaryl/α,β-unsaturated/α-hetero) is 2. The zero-order valence-corrected chi connectivity index (χ0v) is 21.1. The summed E-state index contributed by atoms with van der Waals surface area (Å²) in [6.07, 6.45) is -0.591. The molecule has 0 aliphatic rings. The van der Waals surface area contributed by atoms with Crippen molar-refractivity contribution in [2.24, 2.45) is 0 Å². The molecule has 1 amide bonds. The van der Waals surface area contributed by atoms with Gasteiger partial charge in [-0.1, -0.05) is 72.0 Å². The number of hydrogen-bond donors (Lipinski definition) is 2. The number of carbonyl (C=O) groups is 3. The van der Waals surface area contributed by atoms with Crippen LogP contribution in [0.15, 0.2) is 91.0 Å². The molecule has 0 saturated heterocycles. The molecule has 2 N–H and O–H groups in total. The fourth-order valence-corrected chi connectivity index (χ4v) is 4.85. The number of carbonyl (C=O) groups excluding carboxylic acids is 3. The van der Waals surface area contributed by atoms with Crippen molar-refractivity contribution < 1.29 is 19.5 Å². The Bertz CT molecular complexity index is 1620. The molecule has 0 spiro atoms. The first-order valence-electron chi connectivity index (χ1n) is 11.7. The van der Waals surface area contributed by atoms with E-state index in [1.165, 1.54) is 24.3 Å². The third-order valence-corrected chi connectivity index (χ3v) is 6.94. The molecule has 188 valence electrons. The predicted molar refractivity (Wildman–Crippen MR) is 146 cm³/mol. The monoisotopic (exact) mass is 522 g/mol.